The Morgan fingerprint density at radius 2 is 1.78 bits per heavy atom. The fourth-order valence-electron chi connectivity index (χ4n) is 5.60. The average molecular weight is 330 g/mol. The van der Waals surface area contributed by atoms with Crippen LogP contribution in [0.1, 0.15) is 38.5 Å². The third kappa shape index (κ3) is 2.71. The van der Waals surface area contributed by atoms with E-state index in [-0.39, 0.29) is 0 Å². The Kier molecular flexibility index (Phi) is 3.75. The van der Waals surface area contributed by atoms with Gasteiger partial charge in [0.2, 0.25) is 0 Å². The van der Waals surface area contributed by atoms with Gasteiger partial charge in [0.25, 0.3) is 0 Å². The highest BCUT2D eigenvalue weighted by atomic mass is 32.1. The number of nitrogens with zero attached hydrogens (tertiary/aromatic N) is 1. The van der Waals surface area contributed by atoms with E-state index in [0.717, 1.165) is 34.3 Å². The maximum absolute atomic E-state index is 5.75. The van der Waals surface area contributed by atoms with Gasteiger partial charge in [0.1, 0.15) is 5.75 Å². The van der Waals surface area contributed by atoms with E-state index in [1.54, 1.807) is 7.11 Å². The van der Waals surface area contributed by atoms with Crippen LogP contribution in [0.15, 0.2) is 24.3 Å². The van der Waals surface area contributed by atoms with Gasteiger partial charge >= 0.3 is 0 Å². The molecular weight excluding hydrogens is 304 g/mol. The summed E-state index contributed by atoms with van der Waals surface area (Å²) in [6.07, 6.45) is 8.37. The van der Waals surface area contributed by atoms with Crippen molar-refractivity contribution in [1.29, 1.82) is 0 Å². The van der Waals surface area contributed by atoms with Crippen molar-refractivity contribution in [2.75, 3.05) is 19.5 Å². The van der Waals surface area contributed by atoms with Crippen molar-refractivity contribution in [2.24, 2.45) is 17.8 Å². The van der Waals surface area contributed by atoms with Crippen molar-refractivity contribution in [3.05, 3.63) is 24.3 Å². The minimum Gasteiger partial charge on any atom is -0.497 e. The first kappa shape index (κ1) is 15.3. The molecule has 3 nitrogen and oxygen atoms in total. The smallest absolute Gasteiger partial charge is 0.173 e. The lowest BCUT2D eigenvalue weighted by atomic mass is 9.52. The first-order valence-corrected chi connectivity index (χ1v) is 9.18. The third-order valence-corrected chi connectivity index (χ3v) is 6.72. The van der Waals surface area contributed by atoms with Crippen molar-refractivity contribution < 1.29 is 4.74 Å². The van der Waals surface area contributed by atoms with E-state index in [4.69, 9.17) is 17.0 Å². The van der Waals surface area contributed by atoms with Gasteiger partial charge in [-0.05, 0) is 80.6 Å². The Morgan fingerprint density at radius 1 is 1.17 bits per heavy atom. The molecule has 23 heavy (non-hydrogen) atoms. The molecule has 1 aromatic carbocycles. The number of rotatable bonds is 3. The Morgan fingerprint density at radius 3 is 2.35 bits per heavy atom. The molecule has 0 spiro atoms. The van der Waals surface area contributed by atoms with Gasteiger partial charge in [0.15, 0.2) is 5.11 Å². The largest absolute Gasteiger partial charge is 0.497 e. The van der Waals surface area contributed by atoms with E-state index in [1.807, 2.05) is 24.3 Å². The fraction of sp³-hybridized carbons (Fsp3) is 0.632. The lowest BCUT2D eigenvalue weighted by molar-refractivity contribution is -0.0538. The Bertz CT molecular complexity index is 580. The summed E-state index contributed by atoms with van der Waals surface area (Å²) in [7, 11) is 3.89. The number of thiocarbonyl (C=S) groups is 1. The highest BCUT2D eigenvalue weighted by Crippen LogP contribution is 2.57. The van der Waals surface area contributed by atoms with Crippen LogP contribution in [0.4, 0.5) is 5.69 Å². The monoisotopic (exact) mass is 330 g/mol. The molecule has 124 valence electrons. The molecule has 4 heteroatoms. The van der Waals surface area contributed by atoms with Crippen LogP contribution in [0.3, 0.4) is 0 Å². The average Bonchev–Trinajstić information content (AvgIpc) is 2.53. The van der Waals surface area contributed by atoms with Gasteiger partial charge in [-0.15, -0.1) is 0 Å². The molecule has 5 rings (SSSR count). The zero-order valence-corrected chi connectivity index (χ0v) is 14.9. The summed E-state index contributed by atoms with van der Waals surface area (Å²) in [4.78, 5) is 2.38. The molecule has 0 unspecified atom stereocenters. The molecule has 0 radical (unpaired) electrons. The summed E-state index contributed by atoms with van der Waals surface area (Å²) < 4.78 is 5.30. The van der Waals surface area contributed by atoms with Crippen LogP contribution in [0.2, 0.25) is 0 Å². The van der Waals surface area contributed by atoms with Gasteiger partial charge in [-0.3, -0.25) is 0 Å². The zero-order chi connectivity index (χ0) is 16.0. The van der Waals surface area contributed by atoms with E-state index in [2.05, 4.69) is 17.3 Å². The maximum atomic E-state index is 5.75. The standard InChI is InChI=1S/C19H26N2OS/c1-21(18(23)20-16-4-3-5-17(9-16)22-2)19-10-13-6-14(11-19)8-15(7-13)12-19/h3-5,9,13-15H,6-8,10-12H2,1-2H3,(H,20,23). The Labute approximate surface area is 144 Å². The molecule has 1 N–H and O–H groups in total. The molecular formula is C19H26N2OS. The molecule has 0 saturated heterocycles. The number of nitrogens with one attached hydrogen (secondary N) is 1. The normalized spacial score (nSPS) is 34.3. The summed E-state index contributed by atoms with van der Waals surface area (Å²) in [5.74, 6) is 3.66. The van der Waals surface area contributed by atoms with E-state index >= 15 is 0 Å². The van der Waals surface area contributed by atoms with Gasteiger partial charge < -0.3 is 15.0 Å². The summed E-state index contributed by atoms with van der Waals surface area (Å²) in [6.45, 7) is 0. The molecule has 4 bridgehead atoms. The number of anilines is 1. The Balaban J connectivity index is 1.50. The third-order valence-electron chi connectivity index (χ3n) is 6.34. The van der Waals surface area contributed by atoms with Gasteiger partial charge in [0, 0.05) is 24.3 Å². The molecule has 0 heterocycles. The molecule has 1 aromatic rings. The zero-order valence-electron chi connectivity index (χ0n) is 14.0. The number of ether oxygens (including phenoxy) is 1. The predicted octanol–water partition coefficient (Wildman–Crippen LogP) is 4.29. The van der Waals surface area contributed by atoms with Crippen molar-refractivity contribution in [3.8, 4) is 5.75 Å². The molecule has 4 saturated carbocycles. The number of hydrogen-bond acceptors (Lipinski definition) is 2. The first-order chi connectivity index (χ1) is 11.1. The van der Waals surface area contributed by atoms with Gasteiger partial charge in [-0.25, -0.2) is 0 Å². The quantitative estimate of drug-likeness (QED) is 0.836. The minimum absolute atomic E-state index is 0.303. The van der Waals surface area contributed by atoms with Crippen molar-refractivity contribution in [3.63, 3.8) is 0 Å². The molecule has 4 fully saturated rings. The van der Waals surface area contributed by atoms with Gasteiger partial charge in [-0.1, -0.05) is 6.07 Å². The molecule has 4 aliphatic carbocycles. The van der Waals surface area contributed by atoms with Gasteiger partial charge in [-0.2, -0.15) is 0 Å². The van der Waals surface area contributed by atoms with Crippen molar-refractivity contribution in [1.82, 2.24) is 4.90 Å². The Hall–Kier alpha value is -1.29. The van der Waals surface area contributed by atoms with Crippen LogP contribution < -0.4 is 10.1 Å². The van der Waals surface area contributed by atoms with E-state index in [0.29, 0.717) is 5.54 Å². The lowest BCUT2D eigenvalue weighted by Gasteiger charge is -2.60. The fourth-order valence-corrected chi connectivity index (χ4v) is 5.91. The molecule has 0 atom stereocenters. The molecule has 0 aliphatic heterocycles. The molecule has 0 aromatic heterocycles. The van der Waals surface area contributed by atoms with Crippen molar-refractivity contribution >= 4 is 23.0 Å². The lowest BCUT2D eigenvalue weighted by Crippen LogP contribution is -2.60. The molecule has 4 aliphatic rings. The molecule has 0 amide bonds. The van der Waals surface area contributed by atoms with Crippen LogP contribution >= 0.6 is 12.2 Å². The second kappa shape index (κ2) is 5.66. The highest BCUT2D eigenvalue weighted by Gasteiger charge is 2.53. The predicted molar refractivity (Wildman–Crippen MR) is 97.9 cm³/mol. The first-order valence-electron chi connectivity index (χ1n) is 8.77. The van der Waals surface area contributed by atoms with Crippen LogP contribution in [0.25, 0.3) is 0 Å². The van der Waals surface area contributed by atoms with Crippen LogP contribution in [0.5, 0.6) is 5.75 Å². The highest BCUT2D eigenvalue weighted by molar-refractivity contribution is 7.80. The van der Waals surface area contributed by atoms with Crippen LogP contribution in [0, 0.1) is 17.8 Å². The second-order valence-electron chi connectivity index (χ2n) is 7.86. The second-order valence-corrected chi connectivity index (χ2v) is 8.25. The SMILES string of the molecule is COc1cccc(NC(=S)N(C)C23CC4CC(CC(C4)C2)C3)c1. The van der Waals surface area contributed by atoms with Crippen molar-refractivity contribution in [2.45, 2.75) is 44.1 Å². The summed E-state index contributed by atoms with van der Waals surface area (Å²) in [5, 5.41) is 4.27. The van der Waals surface area contributed by atoms with Crippen LogP contribution in [-0.2, 0) is 0 Å². The van der Waals surface area contributed by atoms with Crippen LogP contribution in [-0.4, -0.2) is 29.7 Å². The minimum atomic E-state index is 0.303. The summed E-state index contributed by atoms with van der Waals surface area (Å²) in [6, 6.07) is 7.99. The number of benzene rings is 1. The van der Waals surface area contributed by atoms with E-state index in [9.17, 15) is 0 Å². The summed E-state index contributed by atoms with van der Waals surface area (Å²) >= 11 is 5.75. The maximum Gasteiger partial charge on any atom is 0.173 e. The topological polar surface area (TPSA) is 24.5 Å². The van der Waals surface area contributed by atoms with Gasteiger partial charge in [0.05, 0.1) is 7.11 Å². The number of methoxy groups -OCH3 is 1. The number of hydrogen-bond donors (Lipinski definition) is 1. The van der Waals surface area contributed by atoms with E-state index in [1.165, 1.54) is 38.5 Å². The van der Waals surface area contributed by atoms with E-state index < -0.39 is 0 Å². The summed E-state index contributed by atoms with van der Waals surface area (Å²) in [5.41, 5.74) is 1.31.